The van der Waals surface area contributed by atoms with Crippen LogP contribution in [0.15, 0.2) is 29.2 Å². The number of rotatable bonds is 10. The number of unbranched alkanes of at least 4 members (excludes halogenated alkanes) is 1. The van der Waals surface area contributed by atoms with Gasteiger partial charge < -0.3 is 10.1 Å². The molecule has 1 aromatic carbocycles. The molecule has 0 spiro atoms. The topological polar surface area (TPSA) is 67.4 Å². The van der Waals surface area contributed by atoms with Gasteiger partial charge in [-0.15, -0.1) is 0 Å². The van der Waals surface area contributed by atoms with Crippen LogP contribution in [-0.2, 0) is 21.3 Å². The molecule has 5 nitrogen and oxygen atoms in total. The SMILES string of the molecule is COCCCCNS(=O)(=O)c1cccc(CNC2CC2)c1. The normalized spacial score (nSPS) is 15.3. The molecule has 1 saturated carbocycles. The molecule has 2 N–H and O–H groups in total. The van der Waals surface area contributed by atoms with Crippen molar-refractivity contribution >= 4 is 10.0 Å². The molecule has 1 aliphatic rings. The van der Waals surface area contributed by atoms with Crippen molar-refractivity contribution in [2.24, 2.45) is 0 Å². The minimum Gasteiger partial charge on any atom is -0.385 e. The first-order valence-electron chi connectivity index (χ1n) is 7.43. The molecule has 0 radical (unpaired) electrons. The van der Waals surface area contributed by atoms with Crippen LogP contribution >= 0.6 is 0 Å². The molecule has 0 heterocycles. The molecule has 2 rings (SSSR count). The molecular formula is C15H24N2O3S. The Kier molecular flexibility index (Phi) is 6.17. The van der Waals surface area contributed by atoms with Gasteiger partial charge in [0.25, 0.3) is 0 Å². The van der Waals surface area contributed by atoms with Crippen LogP contribution in [0.3, 0.4) is 0 Å². The second kappa shape index (κ2) is 7.89. The van der Waals surface area contributed by atoms with Gasteiger partial charge in [-0.25, -0.2) is 13.1 Å². The van der Waals surface area contributed by atoms with Crippen LogP contribution in [0.4, 0.5) is 0 Å². The predicted octanol–water partition coefficient (Wildman–Crippen LogP) is 1.64. The monoisotopic (exact) mass is 312 g/mol. The van der Waals surface area contributed by atoms with Crippen LogP contribution in [0, 0.1) is 0 Å². The van der Waals surface area contributed by atoms with Crippen LogP contribution < -0.4 is 10.0 Å². The minimum absolute atomic E-state index is 0.337. The molecule has 1 fully saturated rings. The summed E-state index contributed by atoms with van der Waals surface area (Å²) in [7, 11) is -1.77. The van der Waals surface area contributed by atoms with Gasteiger partial charge in [-0.1, -0.05) is 12.1 Å². The Labute approximate surface area is 127 Å². The van der Waals surface area contributed by atoms with Crippen molar-refractivity contribution in [3.63, 3.8) is 0 Å². The summed E-state index contributed by atoms with van der Waals surface area (Å²) in [6, 6.07) is 7.74. The summed E-state index contributed by atoms with van der Waals surface area (Å²) < 4.78 is 32.0. The molecule has 0 unspecified atom stereocenters. The van der Waals surface area contributed by atoms with Gasteiger partial charge in [0.15, 0.2) is 0 Å². The average molecular weight is 312 g/mol. The molecule has 0 amide bonds. The molecule has 0 aliphatic heterocycles. The predicted molar refractivity (Wildman–Crippen MR) is 82.6 cm³/mol. The van der Waals surface area contributed by atoms with E-state index in [4.69, 9.17) is 4.74 Å². The minimum atomic E-state index is -3.41. The van der Waals surface area contributed by atoms with E-state index in [-0.39, 0.29) is 0 Å². The lowest BCUT2D eigenvalue weighted by Crippen LogP contribution is -2.25. The van der Waals surface area contributed by atoms with Crippen LogP contribution in [0.1, 0.15) is 31.2 Å². The van der Waals surface area contributed by atoms with Crippen molar-refractivity contribution in [3.05, 3.63) is 29.8 Å². The first-order chi connectivity index (χ1) is 10.1. The van der Waals surface area contributed by atoms with Crippen molar-refractivity contribution in [2.45, 2.75) is 43.2 Å². The van der Waals surface area contributed by atoms with Crippen molar-refractivity contribution < 1.29 is 13.2 Å². The van der Waals surface area contributed by atoms with E-state index in [1.54, 1.807) is 25.3 Å². The zero-order chi connectivity index (χ0) is 15.1. The molecule has 0 aromatic heterocycles. The maximum atomic E-state index is 12.2. The molecule has 21 heavy (non-hydrogen) atoms. The summed E-state index contributed by atoms with van der Waals surface area (Å²) in [5, 5.41) is 3.39. The molecular weight excluding hydrogens is 288 g/mol. The smallest absolute Gasteiger partial charge is 0.240 e. The fourth-order valence-electron chi connectivity index (χ4n) is 2.03. The fraction of sp³-hybridized carbons (Fsp3) is 0.600. The molecule has 0 bridgehead atoms. The highest BCUT2D eigenvalue weighted by Gasteiger charge is 2.20. The Morgan fingerprint density at radius 2 is 2.10 bits per heavy atom. The van der Waals surface area contributed by atoms with Crippen LogP contribution in [0.5, 0.6) is 0 Å². The number of hydrogen-bond donors (Lipinski definition) is 2. The third kappa shape index (κ3) is 5.74. The number of ether oxygens (including phenoxy) is 1. The number of nitrogens with one attached hydrogen (secondary N) is 2. The van der Waals surface area contributed by atoms with Gasteiger partial charge in [-0.3, -0.25) is 0 Å². The highest BCUT2D eigenvalue weighted by Crippen LogP contribution is 2.19. The van der Waals surface area contributed by atoms with E-state index in [0.29, 0.717) is 24.1 Å². The lowest BCUT2D eigenvalue weighted by atomic mass is 10.2. The van der Waals surface area contributed by atoms with Gasteiger partial charge >= 0.3 is 0 Å². The van der Waals surface area contributed by atoms with E-state index in [1.165, 1.54) is 12.8 Å². The zero-order valence-electron chi connectivity index (χ0n) is 12.5. The van der Waals surface area contributed by atoms with E-state index >= 15 is 0 Å². The summed E-state index contributed by atoms with van der Waals surface area (Å²) >= 11 is 0. The van der Waals surface area contributed by atoms with Crippen LogP contribution in [0.25, 0.3) is 0 Å². The lowest BCUT2D eigenvalue weighted by molar-refractivity contribution is 0.193. The fourth-order valence-corrected chi connectivity index (χ4v) is 3.18. The second-order valence-corrected chi connectivity index (χ2v) is 7.17. The van der Waals surface area contributed by atoms with Gasteiger partial charge in [-0.2, -0.15) is 0 Å². The Bertz CT molecular complexity index is 542. The van der Waals surface area contributed by atoms with Crippen LogP contribution in [0.2, 0.25) is 0 Å². The average Bonchev–Trinajstić information content (AvgIpc) is 3.29. The highest BCUT2D eigenvalue weighted by molar-refractivity contribution is 7.89. The van der Waals surface area contributed by atoms with E-state index in [0.717, 1.165) is 24.9 Å². The zero-order valence-corrected chi connectivity index (χ0v) is 13.3. The third-order valence-corrected chi connectivity index (χ3v) is 4.91. The van der Waals surface area contributed by atoms with E-state index in [9.17, 15) is 8.42 Å². The van der Waals surface area contributed by atoms with E-state index in [2.05, 4.69) is 10.0 Å². The number of benzene rings is 1. The summed E-state index contributed by atoms with van der Waals surface area (Å²) in [6.07, 6.45) is 4.07. The van der Waals surface area contributed by atoms with Crippen molar-refractivity contribution in [2.75, 3.05) is 20.3 Å². The standard InChI is InChI=1S/C15H24N2O3S/c1-20-10-3-2-9-17-21(18,19)15-6-4-5-13(11-15)12-16-14-7-8-14/h4-6,11,14,16-17H,2-3,7-10,12H2,1H3. The Balaban J connectivity index is 1.87. The quantitative estimate of drug-likeness (QED) is 0.645. The van der Waals surface area contributed by atoms with Crippen molar-refractivity contribution in [1.82, 2.24) is 10.0 Å². The maximum Gasteiger partial charge on any atom is 0.240 e. The lowest BCUT2D eigenvalue weighted by Gasteiger charge is -2.09. The van der Waals surface area contributed by atoms with Crippen molar-refractivity contribution in [1.29, 1.82) is 0 Å². The maximum absolute atomic E-state index is 12.2. The molecule has 0 atom stereocenters. The molecule has 0 saturated heterocycles. The third-order valence-electron chi connectivity index (χ3n) is 3.45. The Hall–Kier alpha value is -0.950. The van der Waals surface area contributed by atoms with E-state index in [1.807, 2.05) is 6.07 Å². The number of hydrogen-bond acceptors (Lipinski definition) is 4. The van der Waals surface area contributed by atoms with Gasteiger partial charge in [0.05, 0.1) is 4.90 Å². The van der Waals surface area contributed by atoms with Gasteiger partial charge in [0.1, 0.15) is 0 Å². The Morgan fingerprint density at radius 3 is 2.81 bits per heavy atom. The summed E-state index contributed by atoms with van der Waals surface area (Å²) in [5.74, 6) is 0. The largest absolute Gasteiger partial charge is 0.385 e. The summed E-state index contributed by atoms with van der Waals surface area (Å²) in [6.45, 7) is 1.82. The van der Waals surface area contributed by atoms with Crippen molar-refractivity contribution in [3.8, 4) is 0 Å². The molecule has 1 aromatic rings. The number of methoxy groups -OCH3 is 1. The number of sulfonamides is 1. The summed E-state index contributed by atoms with van der Waals surface area (Å²) in [5.41, 5.74) is 1.00. The van der Waals surface area contributed by atoms with E-state index < -0.39 is 10.0 Å². The van der Waals surface area contributed by atoms with Gasteiger partial charge in [0, 0.05) is 32.8 Å². The second-order valence-electron chi connectivity index (χ2n) is 5.40. The Morgan fingerprint density at radius 1 is 1.29 bits per heavy atom. The van der Waals surface area contributed by atoms with Gasteiger partial charge in [-0.05, 0) is 43.4 Å². The first kappa shape index (κ1) is 16.4. The molecule has 6 heteroatoms. The molecule has 118 valence electrons. The van der Waals surface area contributed by atoms with Crippen LogP contribution in [-0.4, -0.2) is 34.7 Å². The highest BCUT2D eigenvalue weighted by atomic mass is 32.2. The van der Waals surface area contributed by atoms with Gasteiger partial charge in [0.2, 0.25) is 10.0 Å². The summed E-state index contributed by atoms with van der Waals surface area (Å²) in [4.78, 5) is 0.337. The first-order valence-corrected chi connectivity index (χ1v) is 8.91. The molecule has 1 aliphatic carbocycles.